The third-order valence-corrected chi connectivity index (χ3v) is 10.4. The summed E-state index contributed by atoms with van der Waals surface area (Å²) in [6.07, 6.45) is 6.67. The Bertz CT molecular complexity index is 1090. The van der Waals surface area contributed by atoms with Crippen LogP contribution in [0.3, 0.4) is 0 Å². The molecule has 0 aliphatic rings. The van der Waals surface area contributed by atoms with Crippen LogP contribution in [0, 0.1) is 39.9 Å². The topological polar surface area (TPSA) is 171 Å². The van der Waals surface area contributed by atoms with Crippen LogP contribution in [0.1, 0.15) is 132 Å². The average molecular weight is 883 g/mol. The highest BCUT2D eigenvalue weighted by Crippen LogP contribution is 2.39. The van der Waals surface area contributed by atoms with E-state index in [4.69, 9.17) is 62.8 Å². The lowest BCUT2D eigenvalue weighted by Crippen LogP contribution is -2.44. The standard InChI is InChI=1S/C45H86O16/c1-13-17-40(46)55-33-43(20-16-4,21-36(5)25-58-49-9)29-53-31-45(24-39(8)28-61-52-12,35-57-42(48)19-15-3)32-54-30-44(22-37(6)26-59-50-10,23-38(7)27-60-51-11)34-56-41(47)18-14-2/h36-39H,13-35H2,1-12H3. The van der Waals surface area contributed by atoms with Crippen LogP contribution in [0.5, 0.6) is 0 Å². The summed E-state index contributed by atoms with van der Waals surface area (Å²) in [4.78, 5) is 79.7. The molecule has 0 heterocycles. The van der Waals surface area contributed by atoms with Gasteiger partial charge in [0, 0.05) is 30.1 Å². The molecule has 0 saturated heterocycles. The van der Waals surface area contributed by atoms with Crippen molar-refractivity contribution in [1.29, 1.82) is 0 Å². The Morgan fingerprint density at radius 3 is 1.00 bits per heavy atom. The molecule has 0 spiro atoms. The monoisotopic (exact) mass is 883 g/mol. The summed E-state index contributed by atoms with van der Waals surface area (Å²) in [7, 11) is 5.87. The zero-order valence-corrected chi connectivity index (χ0v) is 40.1. The van der Waals surface area contributed by atoms with Gasteiger partial charge in [0.1, 0.15) is 6.61 Å². The van der Waals surface area contributed by atoms with Crippen LogP contribution >= 0.6 is 0 Å². The summed E-state index contributed by atoms with van der Waals surface area (Å²) in [5.74, 6) is -0.889. The van der Waals surface area contributed by atoms with E-state index in [0.29, 0.717) is 77.6 Å². The van der Waals surface area contributed by atoms with Crippen molar-refractivity contribution in [3.05, 3.63) is 0 Å². The molecule has 16 heteroatoms. The Labute approximate surface area is 367 Å². The highest BCUT2D eigenvalue weighted by Gasteiger charge is 2.41. The van der Waals surface area contributed by atoms with Gasteiger partial charge >= 0.3 is 17.9 Å². The van der Waals surface area contributed by atoms with Crippen molar-refractivity contribution in [3.8, 4) is 0 Å². The molecular weight excluding hydrogens is 796 g/mol. The molecule has 0 aliphatic heterocycles. The van der Waals surface area contributed by atoms with E-state index < -0.39 is 16.2 Å². The molecule has 0 amide bonds. The molecule has 0 fully saturated rings. The summed E-state index contributed by atoms with van der Waals surface area (Å²) in [5.41, 5.74) is -2.07. The molecule has 61 heavy (non-hydrogen) atoms. The number of carbonyl (C=O) groups is 3. The summed E-state index contributed by atoms with van der Waals surface area (Å²) in [6.45, 7) is 18.4. The first-order valence-corrected chi connectivity index (χ1v) is 22.4. The molecule has 6 unspecified atom stereocenters. The maximum Gasteiger partial charge on any atom is 0.305 e. The lowest BCUT2D eigenvalue weighted by atomic mass is 9.74. The fourth-order valence-corrected chi connectivity index (χ4v) is 8.03. The van der Waals surface area contributed by atoms with Gasteiger partial charge in [0.15, 0.2) is 0 Å². The van der Waals surface area contributed by atoms with Crippen molar-refractivity contribution in [3.63, 3.8) is 0 Å². The van der Waals surface area contributed by atoms with Crippen LogP contribution in [0.4, 0.5) is 0 Å². The van der Waals surface area contributed by atoms with E-state index in [9.17, 15) is 14.4 Å². The lowest BCUT2D eigenvalue weighted by molar-refractivity contribution is -0.283. The van der Waals surface area contributed by atoms with Gasteiger partial charge in [-0.25, -0.2) is 39.1 Å². The summed E-state index contributed by atoms with van der Waals surface area (Å²) in [5, 5.41) is 0. The van der Waals surface area contributed by atoms with Gasteiger partial charge < -0.3 is 23.7 Å². The minimum atomic E-state index is -0.859. The quantitative estimate of drug-likeness (QED) is 0.0248. The van der Waals surface area contributed by atoms with E-state index in [1.54, 1.807) is 0 Å². The first-order valence-electron chi connectivity index (χ1n) is 22.4. The summed E-state index contributed by atoms with van der Waals surface area (Å²) < 4.78 is 31.5. The molecule has 0 N–H and O–H groups in total. The molecule has 362 valence electrons. The maximum absolute atomic E-state index is 13.0. The van der Waals surface area contributed by atoms with Crippen LogP contribution < -0.4 is 0 Å². The van der Waals surface area contributed by atoms with Gasteiger partial charge in [0.25, 0.3) is 0 Å². The maximum atomic E-state index is 13.0. The van der Waals surface area contributed by atoms with Crippen molar-refractivity contribution in [1.82, 2.24) is 0 Å². The van der Waals surface area contributed by atoms with Crippen molar-refractivity contribution in [2.75, 3.05) is 101 Å². The predicted octanol–water partition coefficient (Wildman–Crippen LogP) is 8.23. The summed E-state index contributed by atoms with van der Waals surface area (Å²) >= 11 is 0. The van der Waals surface area contributed by atoms with Crippen LogP contribution in [0.15, 0.2) is 0 Å². The van der Waals surface area contributed by atoms with Crippen molar-refractivity contribution in [2.45, 2.75) is 132 Å². The minimum Gasteiger partial charge on any atom is -0.465 e. The Kier molecular flexibility index (Phi) is 34.2. The third kappa shape index (κ3) is 27.7. The van der Waals surface area contributed by atoms with Gasteiger partial charge in [0.05, 0.1) is 99.9 Å². The normalized spacial score (nSPS) is 16.7. The third-order valence-electron chi connectivity index (χ3n) is 10.4. The van der Waals surface area contributed by atoms with Crippen LogP contribution in [0.2, 0.25) is 0 Å². The van der Waals surface area contributed by atoms with Crippen LogP contribution in [-0.4, -0.2) is 119 Å². The lowest BCUT2D eigenvalue weighted by Gasteiger charge is -2.40. The molecule has 0 radical (unpaired) electrons. The van der Waals surface area contributed by atoms with Crippen molar-refractivity contribution in [2.24, 2.45) is 39.9 Å². The molecule has 0 aromatic heterocycles. The molecule has 0 saturated carbocycles. The van der Waals surface area contributed by atoms with E-state index in [1.807, 2.05) is 41.5 Å². The van der Waals surface area contributed by atoms with E-state index in [0.717, 1.165) is 12.8 Å². The molecule has 6 atom stereocenters. The Morgan fingerprint density at radius 1 is 0.393 bits per heavy atom. The number of carbonyl (C=O) groups excluding carboxylic acids is 3. The SMILES string of the molecule is CCCC(=O)OCC(CCC)(COCC(COCC(COC(=O)CCC)(CC(C)COOC)CC(C)COOC)(COC(=O)CCC)CC(C)COOC)CC(C)COOC. The van der Waals surface area contributed by atoms with E-state index in [2.05, 4.69) is 13.8 Å². The second-order valence-electron chi connectivity index (χ2n) is 17.5. The zero-order chi connectivity index (χ0) is 46.0. The highest BCUT2D eigenvalue weighted by atomic mass is 17.2. The average Bonchev–Trinajstić information content (AvgIpc) is 3.21. The van der Waals surface area contributed by atoms with Gasteiger partial charge in [-0.15, -0.1) is 0 Å². The smallest absolute Gasteiger partial charge is 0.305 e. The number of ether oxygens (including phenoxy) is 5. The number of esters is 3. The van der Waals surface area contributed by atoms with Crippen LogP contribution in [0.25, 0.3) is 0 Å². The number of rotatable bonds is 42. The number of hydrogen-bond acceptors (Lipinski definition) is 16. The van der Waals surface area contributed by atoms with Gasteiger partial charge in [-0.05, 0) is 75.0 Å². The largest absolute Gasteiger partial charge is 0.465 e. The first kappa shape index (κ1) is 59.0. The van der Waals surface area contributed by atoms with Crippen molar-refractivity contribution >= 4 is 17.9 Å². The highest BCUT2D eigenvalue weighted by molar-refractivity contribution is 5.69. The molecule has 0 bridgehead atoms. The summed E-state index contributed by atoms with van der Waals surface area (Å²) in [6, 6.07) is 0. The van der Waals surface area contributed by atoms with Gasteiger partial charge in [-0.1, -0.05) is 61.8 Å². The molecule has 0 aliphatic carbocycles. The Morgan fingerprint density at radius 2 is 0.672 bits per heavy atom. The molecule has 16 nitrogen and oxygen atoms in total. The first-order chi connectivity index (χ1) is 29.2. The fourth-order valence-electron chi connectivity index (χ4n) is 8.03. The molecule has 0 rings (SSSR count). The second-order valence-corrected chi connectivity index (χ2v) is 17.5. The van der Waals surface area contributed by atoms with Gasteiger partial charge in [-0.2, -0.15) is 0 Å². The fraction of sp³-hybridized carbons (Fsp3) is 0.933. The van der Waals surface area contributed by atoms with Gasteiger partial charge in [0.2, 0.25) is 0 Å². The van der Waals surface area contributed by atoms with Gasteiger partial charge in [-0.3, -0.25) is 14.4 Å². The predicted molar refractivity (Wildman–Crippen MR) is 228 cm³/mol. The number of hydrogen-bond donors (Lipinski definition) is 0. The van der Waals surface area contributed by atoms with Crippen LogP contribution in [-0.2, 0) is 77.2 Å². The van der Waals surface area contributed by atoms with E-state index >= 15 is 0 Å². The van der Waals surface area contributed by atoms with E-state index in [-0.39, 0.29) is 101 Å². The molecular formula is C45H86O16. The molecule has 0 aromatic carbocycles. The van der Waals surface area contributed by atoms with Crippen molar-refractivity contribution < 1.29 is 77.2 Å². The Balaban J connectivity index is 7.15. The minimum absolute atomic E-state index is 0.00642. The Hall–Kier alpha value is -1.99. The van der Waals surface area contributed by atoms with E-state index in [1.165, 1.54) is 28.4 Å². The molecule has 0 aromatic rings. The second kappa shape index (κ2) is 35.4. The zero-order valence-electron chi connectivity index (χ0n) is 40.1.